The Morgan fingerprint density at radius 2 is 2.00 bits per heavy atom. The second-order valence-corrected chi connectivity index (χ2v) is 9.06. The molecule has 9 heteroatoms. The average molecular weight is 475 g/mol. The number of benzene rings is 2. The highest BCUT2D eigenvalue weighted by Crippen LogP contribution is 2.44. The number of amides is 1. The molecular weight excluding hydrogens is 444 g/mol. The number of ether oxygens (including phenoxy) is 2. The van der Waals surface area contributed by atoms with E-state index in [-0.39, 0.29) is 6.10 Å². The topological polar surface area (TPSA) is 109 Å². The molecule has 0 saturated heterocycles. The van der Waals surface area contributed by atoms with Gasteiger partial charge in [-0.25, -0.2) is 14.5 Å². The molecule has 0 spiro atoms. The van der Waals surface area contributed by atoms with Crippen LogP contribution in [0.2, 0.25) is 0 Å². The van der Waals surface area contributed by atoms with Crippen molar-refractivity contribution in [3.63, 3.8) is 0 Å². The van der Waals surface area contributed by atoms with E-state index < -0.39 is 6.09 Å². The minimum Gasteiger partial charge on any atom is -0.492 e. The molecule has 1 aliphatic carbocycles. The molecule has 1 saturated carbocycles. The molecule has 0 bridgehead atoms. The molecule has 0 unspecified atom stereocenters. The Morgan fingerprint density at radius 3 is 2.66 bits per heavy atom. The third kappa shape index (κ3) is 4.80. The monoisotopic (exact) mass is 474 g/mol. The van der Waals surface area contributed by atoms with E-state index in [1.807, 2.05) is 50.2 Å². The van der Waals surface area contributed by atoms with Crippen molar-refractivity contribution in [2.45, 2.75) is 51.8 Å². The number of carbonyl (C=O) groups excluding carboxylic acids is 1. The summed E-state index contributed by atoms with van der Waals surface area (Å²) in [7, 11) is 0. The first-order valence-electron chi connectivity index (χ1n) is 12.0. The van der Waals surface area contributed by atoms with Crippen LogP contribution >= 0.6 is 0 Å². The Kier molecular flexibility index (Phi) is 6.31. The van der Waals surface area contributed by atoms with Gasteiger partial charge in [0.2, 0.25) is 0 Å². The number of hydrogen-bond donors (Lipinski definition) is 2. The van der Waals surface area contributed by atoms with Gasteiger partial charge in [0.15, 0.2) is 0 Å². The number of nitrogens with two attached hydrogens (primary N) is 1. The number of nitrogens with zero attached hydrogens (tertiary/aromatic N) is 4. The Labute approximate surface area is 203 Å². The molecule has 182 valence electrons. The van der Waals surface area contributed by atoms with Crippen LogP contribution < -0.4 is 15.8 Å². The molecule has 0 radical (unpaired) electrons. The third-order valence-electron chi connectivity index (χ3n) is 6.26. The van der Waals surface area contributed by atoms with Crippen molar-refractivity contribution in [3.05, 3.63) is 55.1 Å². The zero-order valence-electron chi connectivity index (χ0n) is 20.0. The molecular formula is C26H30N6O3. The molecule has 3 N–H and O–H groups in total. The van der Waals surface area contributed by atoms with Gasteiger partial charge >= 0.3 is 6.09 Å². The van der Waals surface area contributed by atoms with Crippen molar-refractivity contribution in [2.75, 3.05) is 17.7 Å². The van der Waals surface area contributed by atoms with Crippen molar-refractivity contribution in [3.8, 4) is 17.0 Å². The van der Waals surface area contributed by atoms with E-state index in [9.17, 15) is 4.79 Å². The van der Waals surface area contributed by atoms with Crippen LogP contribution in [0.3, 0.4) is 0 Å². The van der Waals surface area contributed by atoms with E-state index in [2.05, 4.69) is 26.0 Å². The van der Waals surface area contributed by atoms with Gasteiger partial charge in [-0.2, -0.15) is 5.10 Å². The number of rotatable bonds is 8. The zero-order chi connectivity index (χ0) is 24.4. The second-order valence-electron chi connectivity index (χ2n) is 9.06. The van der Waals surface area contributed by atoms with Gasteiger partial charge in [0.05, 0.1) is 29.5 Å². The summed E-state index contributed by atoms with van der Waals surface area (Å²) in [5.74, 6) is 0.797. The predicted octanol–water partition coefficient (Wildman–Crippen LogP) is 5.24. The van der Waals surface area contributed by atoms with Gasteiger partial charge in [0.1, 0.15) is 25.0 Å². The normalized spacial score (nSPS) is 13.7. The van der Waals surface area contributed by atoms with E-state index in [4.69, 9.17) is 15.2 Å². The van der Waals surface area contributed by atoms with Gasteiger partial charge < -0.3 is 19.8 Å². The summed E-state index contributed by atoms with van der Waals surface area (Å²) in [6.07, 6.45) is 5.99. The zero-order valence-corrected chi connectivity index (χ0v) is 20.0. The molecule has 0 atom stereocenters. The van der Waals surface area contributed by atoms with Crippen LogP contribution in [0.25, 0.3) is 22.2 Å². The van der Waals surface area contributed by atoms with Crippen molar-refractivity contribution >= 4 is 28.4 Å². The lowest BCUT2D eigenvalue weighted by atomic mass is 9.92. The molecule has 1 amide bonds. The maximum atomic E-state index is 11.9. The summed E-state index contributed by atoms with van der Waals surface area (Å²) in [5.41, 5.74) is 11.2. The average Bonchev–Trinajstić information content (AvgIpc) is 3.40. The molecule has 2 aromatic carbocycles. The molecule has 0 aliphatic heterocycles. The van der Waals surface area contributed by atoms with E-state index in [0.29, 0.717) is 24.9 Å². The predicted molar refractivity (Wildman–Crippen MR) is 135 cm³/mol. The Bertz CT molecular complexity index is 1310. The molecule has 5 rings (SSSR count). The summed E-state index contributed by atoms with van der Waals surface area (Å²) in [5, 5.41) is 7.89. The van der Waals surface area contributed by atoms with Gasteiger partial charge in [-0.1, -0.05) is 12.1 Å². The van der Waals surface area contributed by atoms with Crippen molar-refractivity contribution < 1.29 is 14.3 Å². The quantitative estimate of drug-likeness (QED) is 0.361. The number of hydrogen-bond acceptors (Lipinski definition) is 6. The van der Waals surface area contributed by atoms with Crippen molar-refractivity contribution in [1.29, 1.82) is 0 Å². The lowest BCUT2D eigenvalue weighted by molar-refractivity contribution is 0.130. The number of fused-ring (bicyclic) bond motifs is 1. The standard InChI is InChI=1S/C26H30N6O3/c1-17(2)35-26(33)30-19-8-6-18(7-9-19)25-24(27)22-11-10-21(34-13-12-31-16-28-15-29-31)14-23(22)32(25)20-4-3-5-20/h6-11,14-17,20H,3-5,12-13,27H2,1-2H3,(H,30,33). The van der Waals surface area contributed by atoms with Gasteiger partial charge in [0.25, 0.3) is 0 Å². The highest BCUT2D eigenvalue weighted by atomic mass is 16.6. The minimum absolute atomic E-state index is 0.177. The lowest BCUT2D eigenvalue weighted by Crippen LogP contribution is -2.18. The molecule has 1 aliphatic rings. The maximum absolute atomic E-state index is 11.9. The summed E-state index contributed by atoms with van der Waals surface area (Å²) in [4.78, 5) is 15.9. The van der Waals surface area contributed by atoms with Crippen LogP contribution in [0.1, 0.15) is 39.2 Å². The molecule has 1 fully saturated rings. The van der Waals surface area contributed by atoms with Crippen LogP contribution in [-0.2, 0) is 11.3 Å². The van der Waals surface area contributed by atoms with E-state index >= 15 is 0 Å². The summed E-state index contributed by atoms with van der Waals surface area (Å²) in [6, 6.07) is 14.2. The fourth-order valence-electron chi connectivity index (χ4n) is 4.40. The lowest BCUT2D eigenvalue weighted by Gasteiger charge is -2.30. The van der Waals surface area contributed by atoms with Gasteiger partial charge in [0, 0.05) is 28.7 Å². The minimum atomic E-state index is -0.466. The van der Waals surface area contributed by atoms with Crippen LogP contribution in [0.4, 0.5) is 16.2 Å². The largest absolute Gasteiger partial charge is 0.492 e. The summed E-state index contributed by atoms with van der Waals surface area (Å²) >= 11 is 0. The molecule has 4 aromatic rings. The smallest absolute Gasteiger partial charge is 0.411 e. The fraction of sp³-hybridized carbons (Fsp3) is 0.346. The Morgan fingerprint density at radius 1 is 1.20 bits per heavy atom. The third-order valence-corrected chi connectivity index (χ3v) is 6.26. The number of aromatic nitrogens is 4. The second kappa shape index (κ2) is 9.69. The maximum Gasteiger partial charge on any atom is 0.411 e. The molecule has 35 heavy (non-hydrogen) atoms. The van der Waals surface area contributed by atoms with Crippen LogP contribution in [0, 0.1) is 0 Å². The first kappa shape index (κ1) is 22.8. The molecule has 2 heterocycles. The first-order valence-corrected chi connectivity index (χ1v) is 12.0. The highest BCUT2D eigenvalue weighted by molar-refractivity contribution is 6.01. The van der Waals surface area contributed by atoms with Crippen LogP contribution in [0.5, 0.6) is 5.75 Å². The number of nitrogen functional groups attached to an aromatic ring is 1. The van der Waals surface area contributed by atoms with Gasteiger partial charge in [-0.3, -0.25) is 5.32 Å². The number of carbonyl (C=O) groups is 1. The highest BCUT2D eigenvalue weighted by Gasteiger charge is 2.27. The molecule has 2 aromatic heterocycles. The molecule has 9 nitrogen and oxygen atoms in total. The number of nitrogens with one attached hydrogen (secondary N) is 1. The van der Waals surface area contributed by atoms with E-state index in [0.717, 1.165) is 46.4 Å². The van der Waals surface area contributed by atoms with E-state index in [1.165, 1.54) is 12.7 Å². The SMILES string of the molecule is CC(C)OC(=O)Nc1ccc(-c2c(N)c3ccc(OCCn4cncn4)cc3n2C2CCC2)cc1. The summed E-state index contributed by atoms with van der Waals surface area (Å²) < 4.78 is 15.3. The van der Waals surface area contributed by atoms with Crippen molar-refractivity contribution in [2.24, 2.45) is 0 Å². The van der Waals surface area contributed by atoms with Crippen molar-refractivity contribution in [1.82, 2.24) is 19.3 Å². The van der Waals surface area contributed by atoms with Gasteiger partial charge in [-0.05, 0) is 57.4 Å². The van der Waals surface area contributed by atoms with Crippen LogP contribution in [0.15, 0.2) is 55.1 Å². The summed E-state index contributed by atoms with van der Waals surface area (Å²) in [6.45, 7) is 4.76. The Balaban J connectivity index is 1.43. The number of anilines is 2. The van der Waals surface area contributed by atoms with E-state index in [1.54, 1.807) is 11.0 Å². The Hall–Kier alpha value is -4.01. The fourth-order valence-corrected chi connectivity index (χ4v) is 4.40. The first-order chi connectivity index (χ1) is 17.0. The van der Waals surface area contributed by atoms with Gasteiger partial charge in [-0.15, -0.1) is 0 Å². The van der Waals surface area contributed by atoms with Crippen LogP contribution in [-0.4, -0.2) is 38.1 Å².